The lowest BCUT2D eigenvalue weighted by molar-refractivity contribution is 1.05. The SMILES string of the molecule is CNc1nc(C)cn1-c1cc(Cl)c(C)cc1Br. The molecule has 0 aliphatic rings. The maximum atomic E-state index is 6.16. The Bertz CT molecular complexity index is 563. The third kappa shape index (κ3) is 2.33. The molecule has 2 rings (SSSR count). The Morgan fingerprint density at radius 2 is 2.06 bits per heavy atom. The van der Waals surface area contributed by atoms with Crippen LogP contribution < -0.4 is 5.32 Å². The van der Waals surface area contributed by atoms with E-state index < -0.39 is 0 Å². The highest BCUT2D eigenvalue weighted by Gasteiger charge is 2.11. The molecule has 1 aromatic heterocycles. The molecule has 0 aliphatic heterocycles. The Labute approximate surface area is 114 Å². The predicted octanol–water partition coefficient (Wildman–Crippen LogP) is 3.95. The van der Waals surface area contributed by atoms with Crippen LogP contribution in [0.2, 0.25) is 5.02 Å². The third-order valence-electron chi connectivity index (χ3n) is 2.54. The molecular formula is C12H13BrClN3. The molecule has 0 radical (unpaired) electrons. The van der Waals surface area contributed by atoms with Crippen molar-refractivity contribution in [3.63, 3.8) is 0 Å². The fourth-order valence-electron chi connectivity index (χ4n) is 1.68. The topological polar surface area (TPSA) is 29.9 Å². The lowest BCUT2D eigenvalue weighted by Gasteiger charge is -2.11. The number of benzene rings is 1. The van der Waals surface area contributed by atoms with E-state index >= 15 is 0 Å². The average molecular weight is 315 g/mol. The van der Waals surface area contributed by atoms with Gasteiger partial charge < -0.3 is 5.32 Å². The van der Waals surface area contributed by atoms with Gasteiger partial charge in [-0.15, -0.1) is 0 Å². The van der Waals surface area contributed by atoms with E-state index in [4.69, 9.17) is 11.6 Å². The Morgan fingerprint density at radius 1 is 1.35 bits per heavy atom. The van der Waals surface area contributed by atoms with Gasteiger partial charge in [0.15, 0.2) is 0 Å². The van der Waals surface area contributed by atoms with Crippen molar-refractivity contribution in [1.29, 1.82) is 0 Å². The van der Waals surface area contributed by atoms with Crippen LogP contribution in [-0.2, 0) is 0 Å². The van der Waals surface area contributed by atoms with E-state index in [-0.39, 0.29) is 0 Å². The molecule has 0 bridgehead atoms. The molecule has 0 unspecified atom stereocenters. The minimum atomic E-state index is 0.747. The van der Waals surface area contributed by atoms with E-state index in [1.165, 1.54) is 0 Å². The quantitative estimate of drug-likeness (QED) is 0.909. The Hall–Kier alpha value is -1.000. The summed E-state index contributed by atoms with van der Waals surface area (Å²) in [6.07, 6.45) is 1.97. The number of nitrogens with one attached hydrogen (secondary N) is 1. The van der Waals surface area contributed by atoms with Crippen LogP contribution in [0.25, 0.3) is 5.69 Å². The van der Waals surface area contributed by atoms with Gasteiger partial charge in [-0.05, 0) is 47.5 Å². The summed E-state index contributed by atoms with van der Waals surface area (Å²) in [4.78, 5) is 4.39. The maximum absolute atomic E-state index is 6.16. The summed E-state index contributed by atoms with van der Waals surface area (Å²) in [6.45, 7) is 3.94. The molecule has 0 saturated heterocycles. The largest absolute Gasteiger partial charge is 0.358 e. The number of hydrogen-bond acceptors (Lipinski definition) is 2. The Balaban J connectivity index is 2.63. The van der Waals surface area contributed by atoms with Gasteiger partial charge in [-0.25, -0.2) is 4.98 Å². The van der Waals surface area contributed by atoms with E-state index in [1.807, 2.05) is 43.8 Å². The summed E-state index contributed by atoms with van der Waals surface area (Å²) in [6, 6.07) is 3.94. The third-order valence-corrected chi connectivity index (χ3v) is 3.58. The van der Waals surface area contributed by atoms with E-state index in [2.05, 4.69) is 26.2 Å². The zero-order valence-electron chi connectivity index (χ0n) is 9.88. The first-order valence-corrected chi connectivity index (χ1v) is 6.39. The second-order valence-electron chi connectivity index (χ2n) is 3.88. The molecule has 90 valence electrons. The molecule has 0 fully saturated rings. The lowest BCUT2D eigenvalue weighted by atomic mass is 10.2. The monoisotopic (exact) mass is 313 g/mol. The van der Waals surface area contributed by atoms with Gasteiger partial charge in [-0.2, -0.15) is 0 Å². The van der Waals surface area contributed by atoms with Crippen molar-refractivity contribution in [2.45, 2.75) is 13.8 Å². The normalized spacial score (nSPS) is 10.6. The van der Waals surface area contributed by atoms with Crippen molar-refractivity contribution in [2.24, 2.45) is 0 Å². The van der Waals surface area contributed by atoms with Gasteiger partial charge in [0.05, 0.1) is 11.4 Å². The minimum absolute atomic E-state index is 0.747. The molecule has 2 aromatic rings. The molecular weight excluding hydrogens is 302 g/mol. The zero-order valence-corrected chi connectivity index (χ0v) is 12.2. The highest BCUT2D eigenvalue weighted by molar-refractivity contribution is 9.10. The van der Waals surface area contributed by atoms with Crippen LogP contribution >= 0.6 is 27.5 Å². The number of aryl methyl sites for hydroxylation is 2. The van der Waals surface area contributed by atoms with Gasteiger partial charge in [0.1, 0.15) is 0 Å². The summed E-state index contributed by atoms with van der Waals surface area (Å²) < 4.78 is 2.97. The second-order valence-corrected chi connectivity index (χ2v) is 5.14. The van der Waals surface area contributed by atoms with Gasteiger partial charge in [-0.1, -0.05) is 11.6 Å². The summed E-state index contributed by atoms with van der Waals surface area (Å²) in [5, 5.41) is 3.81. The Morgan fingerprint density at radius 3 is 2.71 bits per heavy atom. The van der Waals surface area contributed by atoms with Gasteiger partial charge in [0.25, 0.3) is 0 Å². The molecule has 1 heterocycles. The lowest BCUT2D eigenvalue weighted by Crippen LogP contribution is -2.01. The molecule has 0 spiro atoms. The number of anilines is 1. The first-order valence-electron chi connectivity index (χ1n) is 5.22. The van der Waals surface area contributed by atoms with Crippen molar-refractivity contribution < 1.29 is 0 Å². The minimum Gasteiger partial charge on any atom is -0.358 e. The Kier molecular flexibility index (Phi) is 3.45. The highest BCUT2D eigenvalue weighted by Crippen LogP contribution is 2.30. The molecule has 3 nitrogen and oxygen atoms in total. The van der Waals surface area contributed by atoms with Crippen LogP contribution in [0.3, 0.4) is 0 Å². The zero-order chi connectivity index (χ0) is 12.6. The van der Waals surface area contributed by atoms with Gasteiger partial charge in [0, 0.05) is 22.7 Å². The fraction of sp³-hybridized carbons (Fsp3) is 0.250. The smallest absolute Gasteiger partial charge is 0.207 e. The number of hydrogen-bond donors (Lipinski definition) is 1. The molecule has 17 heavy (non-hydrogen) atoms. The van der Waals surface area contributed by atoms with E-state index in [0.29, 0.717) is 0 Å². The number of nitrogens with zero attached hydrogens (tertiary/aromatic N) is 2. The fourth-order valence-corrected chi connectivity index (χ4v) is 2.48. The van der Waals surface area contributed by atoms with Crippen molar-refractivity contribution in [2.75, 3.05) is 12.4 Å². The van der Waals surface area contributed by atoms with Crippen LogP contribution in [0, 0.1) is 13.8 Å². The van der Waals surface area contributed by atoms with Gasteiger partial charge >= 0.3 is 0 Å². The first kappa shape index (κ1) is 12.5. The number of rotatable bonds is 2. The average Bonchev–Trinajstić information content (AvgIpc) is 2.64. The highest BCUT2D eigenvalue weighted by atomic mass is 79.9. The van der Waals surface area contributed by atoms with Gasteiger partial charge in [0.2, 0.25) is 5.95 Å². The van der Waals surface area contributed by atoms with Crippen LogP contribution in [-0.4, -0.2) is 16.6 Å². The summed E-state index contributed by atoms with van der Waals surface area (Å²) in [5.74, 6) is 0.795. The first-order chi connectivity index (χ1) is 8.02. The number of imidazole rings is 1. The maximum Gasteiger partial charge on any atom is 0.207 e. The van der Waals surface area contributed by atoms with Gasteiger partial charge in [-0.3, -0.25) is 4.57 Å². The summed E-state index contributed by atoms with van der Waals surface area (Å²) >= 11 is 9.72. The van der Waals surface area contributed by atoms with Crippen LogP contribution in [0.1, 0.15) is 11.3 Å². The predicted molar refractivity (Wildman–Crippen MR) is 75.3 cm³/mol. The van der Waals surface area contributed by atoms with Crippen LogP contribution in [0.4, 0.5) is 5.95 Å². The van der Waals surface area contributed by atoms with E-state index in [1.54, 1.807) is 0 Å². The van der Waals surface area contributed by atoms with Crippen molar-refractivity contribution in [3.8, 4) is 5.69 Å². The molecule has 0 atom stereocenters. The molecule has 1 N–H and O–H groups in total. The van der Waals surface area contributed by atoms with E-state index in [9.17, 15) is 0 Å². The molecule has 0 saturated carbocycles. The molecule has 5 heteroatoms. The second kappa shape index (κ2) is 4.70. The van der Waals surface area contributed by atoms with Crippen LogP contribution in [0.5, 0.6) is 0 Å². The molecule has 1 aromatic carbocycles. The van der Waals surface area contributed by atoms with Crippen molar-refractivity contribution in [3.05, 3.63) is 39.1 Å². The number of halogens is 2. The molecule has 0 amide bonds. The summed E-state index contributed by atoms with van der Waals surface area (Å²) in [5.41, 5.74) is 2.98. The van der Waals surface area contributed by atoms with Crippen LogP contribution in [0.15, 0.2) is 22.8 Å². The number of aromatic nitrogens is 2. The van der Waals surface area contributed by atoms with Crippen molar-refractivity contribution >= 4 is 33.5 Å². The summed E-state index contributed by atoms with van der Waals surface area (Å²) in [7, 11) is 1.85. The van der Waals surface area contributed by atoms with E-state index in [0.717, 1.165) is 32.4 Å². The van der Waals surface area contributed by atoms with Crippen molar-refractivity contribution in [1.82, 2.24) is 9.55 Å². The molecule has 0 aliphatic carbocycles. The standard InChI is InChI=1S/C12H13BrClN3/c1-7-4-9(13)11(5-10(7)14)17-6-8(2)16-12(17)15-3/h4-6H,1-3H3,(H,15,16).